The van der Waals surface area contributed by atoms with Gasteiger partial charge in [0.05, 0.1) is 5.92 Å². The van der Waals surface area contributed by atoms with Gasteiger partial charge in [0.1, 0.15) is 0 Å². The molecule has 0 aromatic carbocycles. The van der Waals surface area contributed by atoms with Gasteiger partial charge in [0.25, 0.3) is 0 Å². The predicted molar refractivity (Wildman–Crippen MR) is 66.4 cm³/mol. The summed E-state index contributed by atoms with van der Waals surface area (Å²) in [5.41, 5.74) is 6.56. The highest BCUT2D eigenvalue weighted by Crippen LogP contribution is 2.24. The van der Waals surface area contributed by atoms with Gasteiger partial charge in [-0.05, 0) is 49.9 Å². The van der Waals surface area contributed by atoms with Crippen LogP contribution in [0.1, 0.15) is 37.2 Å². The third-order valence-electron chi connectivity index (χ3n) is 3.05. The molecule has 3 N–H and O–H groups in total. The summed E-state index contributed by atoms with van der Waals surface area (Å²) < 4.78 is 0. The van der Waals surface area contributed by atoms with Crippen LogP contribution in [-0.4, -0.2) is 23.5 Å². The van der Waals surface area contributed by atoms with Gasteiger partial charge < -0.3 is 11.1 Å². The minimum atomic E-state index is -0.0813. The molecule has 1 aliphatic rings. The zero-order valence-corrected chi connectivity index (χ0v) is 9.93. The molecule has 0 bridgehead atoms. The Bertz CT molecular complexity index is 362. The Balaban J connectivity index is 2.03. The van der Waals surface area contributed by atoms with Crippen molar-refractivity contribution in [1.29, 1.82) is 0 Å². The average molecular weight is 233 g/mol. The van der Waals surface area contributed by atoms with Crippen molar-refractivity contribution in [2.45, 2.75) is 37.6 Å². The van der Waals surface area contributed by atoms with Gasteiger partial charge in [-0.3, -0.25) is 9.78 Å². The lowest BCUT2D eigenvalue weighted by molar-refractivity contribution is -0.122. The van der Waals surface area contributed by atoms with E-state index in [-0.39, 0.29) is 11.8 Å². The fourth-order valence-corrected chi connectivity index (χ4v) is 1.90. The fourth-order valence-electron chi connectivity index (χ4n) is 1.90. The predicted octanol–water partition coefficient (Wildman–Crippen LogP) is 1.18. The van der Waals surface area contributed by atoms with Crippen LogP contribution in [0.5, 0.6) is 0 Å². The second-order valence-electron chi connectivity index (χ2n) is 4.55. The molecule has 4 nitrogen and oxygen atoms in total. The largest absolute Gasteiger partial charge is 0.353 e. The maximum absolute atomic E-state index is 12.1. The Morgan fingerprint density at radius 3 is 2.76 bits per heavy atom. The maximum Gasteiger partial charge on any atom is 0.227 e. The molecule has 0 aliphatic heterocycles. The number of nitrogens with one attached hydrogen (secondary N) is 1. The van der Waals surface area contributed by atoms with Gasteiger partial charge in [-0.2, -0.15) is 0 Å². The highest BCUT2D eigenvalue weighted by atomic mass is 16.2. The van der Waals surface area contributed by atoms with Gasteiger partial charge in [0, 0.05) is 18.4 Å². The first-order chi connectivity index (χ1) is 8.31. The number of nitrogens with zero attached hydrogens (tertiary/aromatic N) is 1. The highest BCUT2D eigenvalue weighted by Gasteiger charge is 2.27. The zero-order valence-electron chi connectivity index (χ0n) is 9.93. The second-order valence-corrected chi connectivity index (χ2v) is 4.55. The highest BCUT2D eigenvalue weighted by molar-refractivity contribution is 5.84. The molecule has 1 aromatic rings. The lowest BCUT2D eigenvalue weighted by Crippen LogP contribution is -2.31. The molecule has 17 heavy (non-hydrogen) atoms. The van der Waals surface area contributed by atoms with Crippen molar-refractivity contribution in [3.8, 4) is 0 Å². The summed E-state index contributed by atoms with van der Waals surface area (Å²) in [6.07, 6.45) is 7.37. The first kappa shape index (κ1) is 12.0. The van der Waals surface area contributed by atoms with E-state index in [0.29, 0.717) is 12.6 Å². The van der Waals surface area contributed by atoms with Crippen molar-refractivity contribution in [2.75, 3.05) is 6.54 Å². The molecular weight excluding hydrogens is 214 g/mol. The van der Waals surface area contributed by atoms with Crippen LogP contribution in [-0.2, 0) is 4.79 Å². The van der Waals surface area contributed by atoms with Gasteiger partial charge in [0.2, 0.25) is 5.91 Å². The molecule has 1 unspecified atom stereocenters. The van der Waals surface area contributed by atoms with Gasteiger partial charge >= 0.3 is 0 Å². The first-order valence-corrected chi connectivity index (χ1v) is 6.21. The summed E-state index contributed by atoms with van der Waals surface area (Å²) >= 11 is 0. The number of rotatable bonds is 6. The van der Waals surface area contributed by atoms with E-state index in [2.05, 4.69) is 10.3 Å². The summed E-state index contributed by atoms with van der Waals surface area (Å²) in [4.78, 5) is 16.1. The Kier molecular flexibility index (Phi) is 4.09. The topological polar surface area (TPSA) is 68.0 Å². The second kappa shape index (κ2) is 5.77. The Morgan fingerprint density at radius 2 is 2.18 bits per heavy atom. The van der Waals surface area contributed by atoms with E-state index < -0.39 is 0 Å². The Hall–Kier alpha value is -1.42. The van der Waals surface area contributed by atoms with Gasteiger partial charge in [0.15, 0.2) is 0 Å². The summed E-state index contributed by atoms with van der Waals surface area (Å²) in [5.74, 6) is 0.0503. The molecule has 1 fully saturated rings. The molecule has 1 atom stereocenters. The van der Waals surface area contributed by atoms with Crippen LogP contribution in [0.4, 0.5) is 0 Å². The van der Waals surface area contributed by atoms with Crippen molar-refractivity contribution in [2.24, 2.45) is 5.73 Å². The molecule has 0 saturated heterocycles. The number of hydrogen-bond acceptors (Lipinski definition) is 3. The molecule has 1 heterocycles. The van der Waals surface area contributed by atoms with Crippen molar-refractivity contribution in [3.63, 3.8) is 0 Å². The quantitative estimate of drug-likeness (QED) is 0.775. The van der Waals surface area contributed by atoms with Crippen LogP contribution in [0.3, 0.4) is 0 Å². The average Bonchev–Trinajstić information content (AvgIpc) is 3.15. The first-order valence-electron chi connectivity index (χ1n) is 6.21. The fraction of sp³-hybridized carbons (Fsp3) is 0.538. The maximum atomic E-state index is 12.1. The Morgan fingerprint density at radius 1 is 1.47 bits per heavy atom. The SMILES string of the molecule is NCCCC(C(=O)NC1CC1)c1ccncc1. The summed E-state index contributed by atoms with van der Waals surface area (Å²) in [6, 6.07) is 4.23. The minimum Gasteiger partial charge on any atom is -0.353 e. The number of amides is 1. The third kappa shape index (κ3) is 3.53. The van der Waals surface area contributed by atoms with Crippen molar-refractivity contribution < 1.29 is 4.79 Å². The molecule has 0 radical (unpaired) electrons. The van der Waals surface area contributed by atoms with E-state index in [0.717, 1.165) is 31.2 Å². The van der Waals surface area contributed by atoms with E-state index in [4.69, 9.17) is 5.73 Å². The lowest BCUT2D eigenvalue weighted by Gasteiger charge is -2.16. The number of nitrogens with two attached hydrogens (primary N) is 1. The van der Waals surface area contributed by atoms with E-state index in [1.807, 2.05) is 12.1 Å². The summed E-state index contributed by atoms with van der Waals surface area (Å²) in [5, 5.41) is 3.06. The minimum absolute atomic E-state index is 0.0813. The van der Waals surface area contributed by atoms with Crippen molar-refractivity contribution in [3.05, 3.63) is 30.1 Å². The normalized spacial score (nSPS) is 16.5. The number of hydrogen-bond donors (Lipinski definition) is 2. The standard InChI is InChI=1S/C13H19N3O/c14-7-1-2-12(10-5-8-15-9-6-10)13(17)16-11-3-4-11/h5-6,8-9,11-12H,1-4,7,14H2,(H,16,17). The molecule has 4 heteroatoms. The molecule has 1 aliphatic carbocycles. The van der Waals surface area contributed by atoms with E-state index in [9.17, 15) is 4.79 Å². The lowest BCUT2D eigenvalue weighted by atomic mass is 9.94. The molecule has 1 amide bonds. The summed E-state index contributed by atoms with van der Waals surface area (Å²) in [6.45, 7) is 0.623. The van der Waals surface area contributed by atoms with Crippen LogP contribution in [0.2, 0.25) is 0 Å². The van der Waals surface area contributed by atoms with Crippen LogP contribution in [0, 0.1) is 0 Å². The molecule has 2 rings (SSSR count). The van der Waals surface area contributed by atoms with Gasteiger partial charge in [-0.25, -0.2) is 0 Å². The van der Waals surface area contributed by atoms with E-state index >= 15 is 0 Å². The van der Waals surface area contributed by atoms with Crippen LogP contribution < -0.4 is 11.1 Å². The van der Waals surface area contributed by atoms with Crippen LogP contribution >= 0.6 is 0 Å². The molecule has 0 spiro atoms. The third-order valence-corrected chi connectivity index (χ3v) is 3.05. The van der Waals surface area contributed by atoms with Gasteiger partial charge in [-0.15, -0.1) is 0 Å². The summed E-state index contributed by atoms with van der Waals surface area (Å²) in [7, 11) is 0. The smallest absolute Gasteiger partial charge is 0.227 e. The van der Waals surface area contributed by atoms with E-state index in [1.165, 1.54) is 0 Å². The monoisotopic (exact) mass is 233 g/mol. The zero-order chi connectivity index (χ0) is 12.1. The number of carbonyl (C=O) groups is 1. The number of aromatic nitrogens is 1. The van der Waals surface area contributed by atoms with E-state index in [1.54, 1.807) is 12.4 Å². The number of carbonyl (C=O) groups excluding carboxylic acids is 1. The molecule has 1 saturated carbocycles. The van der Waals surface area contributed by atoms with Crippen LogP contribution in [0.15, 0.2) is 24.5 Å². The van der Waals surface area contributed by atoms with Crippen molar-refractivity contribution >= 4 is 5.91 Å². The van der Waals surface area contributed by atoms with Crippen molar-refractivity contribution in [1.82, 2.24) is 10.3 Å². The number of pyridine rings is 1. The molecular formula is C13H19N3O. The van der Waals surface area contributed by atoms with Crippen LogP contribution in [0.25, 0.3) is 0 Å². The molecule has 92 valence electrons. The Labute approximate surface area is 102 Å². The molecule has 1 aromatic heterocycles. The van der Waals surface area contributed by atoms with Gasteiger partial charge in [-0.1, -0.05) is 0 Å².